The van der Waals surface area contributed by atoms with E-state index in [0.717, 1.165) is 35.1 Å². The first kappa shape index (κ1) is 23.3. The van der Waals surface area contributed by atoms with Gasteiger partial charge in [-0.2, -0.15) is 0 Å². The smallest absolute Gasteiger partial charge is 0.282 e. The van der Waals surface area contributed by atoms with E-state index in [2.05, 4.69) is 4.98 Å². The first-order chi connectivity index (χ1) is 16.0. The molecule has 0 unspecified atom stereocenters. The van der Waals surface area contributed by atoms with Crippen molar-refractivity contribution in [3.05, 3.63) is 93.3 Å². The number of halogens is 3. The van der Waals surface area contributed by atoms with Crippen LogP contribution in [-0.4, -0.2) is 30.1 Å². The lowest BCUT2D eigenvalue weighted by Crippen LogP contribution is -2.32. The Hall–Kier alpha value is -3.86. The number of nitrogens with zero attached hydrogens (tertiary/aromatic N) is 1. The van der Waals surface area contributed by atoms with Crippen LogP contribution in [0.3, 0.4) is 0 Å². The molecule has 176 valence electrons. The van der Waals surface area contributed by atoms with Crippen molar-refractivity contribution in [2.45, 2.75) is 13.5 Å². The first-order valence-electron chi connectivity index (χ1n) is 9.92. The maximum atomic E-state index is 14.6. The molecule has 2 heterocycles. The van der Waals surface area contributed by atoms with Crippen LogP contribution in [0, 0.1) is 24.4 Å². The van der Waals surface area contributed by atoms with Crippen molar-refractivity contribution >= 4 is 26.8 Å². The minimum atomic E-state index is -4.05. The second-order valence-electron chi connectivity index (χ2n) is 7.78. The normalized spacial score (nSPS) is 11.7. The predicted octanol–water partition coefficient (Wildman–Crippen LogP) is 3.46. The van der Waals surface area contributed by atoms with Crippen LogP contribution in [0.15, 0.2) is 53.5 Å². The van der Waals surface area contributed by atoms with E-state index < -0.39 is 45.5 Å². The summed E-state index contributed by atoms with van der Waals surface area (Å²) in [4.78, 5) is 28.3. The van der Waals surface area contributed by atoms with E-state index in [1.165, 1.54) is 31.3 Å². The molecule has 1 amide bonds. The Kier molecular flexibility index (Phi) is 5.82. The topological polar surface area (TPSA) is 101 Å². The number of carbonyl (C=O) groups excluding carboxylic acids is 1. The van der Waals surface area contributed by atoms with Gasteiger partial charge in [0.15, 0.2) is 0 Å². The van der Waals surface area contributed by atoms with Crippen molar-refractivity contribution in [2.24, 2.45) is 0 Å². The number of sulfonamides is 1. The summed E-state index contributed by atoms with van der Waals surface area (Å²) in [6, 6.07) is 8.15. The molecule has 0 aliphatic carbocycles. The Labute approximate surface area is 191 Å². The Morgan fingerprint density at radius 2 is 1.82 bits per heavy atom. The molecule has 0 bridgehead atoms. The highest BCUT2D eigenvalue weighted by atomic mass is 32.2. The van der Waals surface area contributed by atoms with Gasteiger partial charge in [0.1, 0.15) is 23.1 Å². The largest absolute Gasteiger partial charge is 0.331 e. The van der Waals surface area contributed by atoms with Gasteiger partial charge in [0.25, 0.3) is 11.5 Å². The number of rotatable bonds is 5. The maximum absolute atomic E-state index is 14.6. The van der Waals surface area contributed by atoms with Crippen LogP contribution < -0.4 is 10.3 Å². The quantitative estimate of drug-likeness (QED) is 0.448. The molecule has 0 atom stereocenters. The second-order valence-corrected chi connectivity index (χ2v) is 9.53. The lowest BCUT2D eigenvalue weighted by molar-refractivity contribution is 0.0974. The maximum Gasteiger partial charge on any atom is 0.282 e. The molecule has 0 fully saturated rings. The van der Waals surface area contributed by atoms with Gasteiger partial charge in [0.05, 0.1) is 18.3 Å². The SMILES string of the molecule is Cc1cc2c(-c3ccc[nH]c3=O)c(C(=O)NS(C)(=O)=O)n(Cc3cc(F)ccc3F)c2cc1F. The Morgan fingerprint density at radius 3 is 2.50 bits per heavy atom. The van der Waals surface area contributed by atoms with Crippen LogP contribution in [0.1, 0.15) is 21.6 Å². The molecule has 0 aliphatic rings. The molecular weight excluding hydrogens is 471 g/mol. The summed E-state index contributed by atoms with van der Waals surface area (Å²) in [6.45, 7) is 1.04. The molecule has 0 spiro atoms. The third kappa shape index (κ3) is 4.34. The summed E-state index contributed by atoms with van der Waals surface area (Å²) in [5.41, 5.74) is -0.762. The molecule has 4 rings (SSSR count). The van der Waals surface area contributed by atoms with Gasteiger partial charge in [0, 0.05) is 28.3 Å². The van der Waals surface area contributed by atoms with Gasteiger partial charge in [-0.15, -0.1) is 0 Å². The average Bonchev–Trinajstić information content (AvgIpc) is 3.03. The minimum absolute atomic E-state index is 0.00984. The fourth-order valence-electron chi connectivity index (χ4n) is 3.82. The number of pyridine rings is 1. The minimum Gasteiger partial charge on any atom is -0.331 e. The van der Waals surface area contributed by atoms with Crippen molar-refractivity contribution in [3.63, 3.8) is 0 Å². The number of aryl methyl sites for hydroxylation is 1. The molecule has 2 N–H and O–H groups in total. The van der Waals surface area contributed by atoms with Gasteiger partial charge in [-0.25, -0.2) is 26.3 Å². The molecule has 0 saturated carbocycles. The predicted molar refractivity (Wildman–Crippen MR) is 120 cm³/mol. The molecule has 7 nitrogen and oxygen atoms in total. The zero-order valence-electron chi connectivity index (χ0n) is 17.9. The van der Waals surface area contributed by atoms with Crippen LogP contribution in [0.4, 0.5) is 13.2 Å². The second kappa shape index (κ2) is 8.49. The van der Waals surface area contributed by atoms with Crippen molar-refractivity contribution in [3.8, 4) is 11.1 Å². The fraction of sp³-hybridized carbons (Fsp3) is 0.130. The van der Waals surface area contributed by atoms with Crippen LogP contribution >= 0.6 is 0 Å². The van der Waals surface area contributed by atoms with Gasteiger partial charge in [-0.05, 0) is 55.0 Å². The number of aromatic nitrogens is 2. The van der Waals surface area contributed by atoms with Crippen LogP contribution in [-0.2, 0) is 16.6 Å². The van der Waals surface area contributed by atoms with Crippen molar-refractivity contribution in [2.75, 3.05) is 6.26 Å². The number of nitrogens with one attached hydrogen (secondary N) is 2. The summed E-state index contributed by atoms with van der Waals surface area (Å²) in [5, 5.41) is 0.256. The number of H-pyrrole nitrogens is 1. The van der Waals surface area contributed by atoms with Crippen molar-refractivity contribution in [1.29, 1.82) is 0 Å². The number of hydrogen-bond acceptors (Lipinski definition) is 4. The van der Waals surface area contributed by atoms with Crippen LogP contribution in [0.2, 0.25) is 0 Å². The number of fused-ring (bicyclic) bond motifs is 1. The molecule has 0 saturated heterocycles. The lowest BCUT2D eigenvalue weighted by atomic mass is 10.0. The highest BCUT2D eigenvalue weighted by Crippen LogP contribution is 2.36. The number of amides is 1. The van der Waals surface area contributed by atoms with Gasteiger partial charge in [-0.3, -0.25) is 9.59 Å². The molecular formula is C23H18F3N3O4S. The lowest BCUT2D eigenvalue weighted by Gasteiger charge is -2.13. The van der Waals surface area contributed by atoms with E-state index in [-0.39, 0.29) is 38.9 Å². The highest BCUT2D eigenvalue weighted by molar-refractivity contribution is 7.89. The van der Waals surface area contributed by atoms with Crippen LogP contribution in [0.25, 0.3) is 22.0 Å². The zero-order valence-corrected chi connectivity index (χ0v) is 18.8. The van der Waals surface area contributed by atoms with E-state index in [4.69, 9.17) is 0 Å². The standard InChI is InChI=1S/C23H18F3N3O4S/c1-12-8-16-19(10-18(12)26)29(11-13-9-14(24)5-6-17(13)25)21(23(31)28-34(2,32)33)20(16)15-4-3-7-27-22(15)30/h3-10H,11H2,1-2H3,(H,27,30)(H,28,31). The van der Waals surface area contributed by atoms with E-state index >= 15 is 0 Å². The van der Waals surface area contributed by atoms with E-state index in [9.17, 15) is 31.2 Å². The van der Waals surface area contributed by atoms with Crippen LogP contribution in [0.5, 0.6) is 0 Å². The van der Waals surface area contributed by atoms with Crippen molar-refractivity contribution < 1.29 is 26.4 Å². The number of carbonyl (C=O) groups is 1. The van der Waals surface area contributed by atoms with Gasteiger partial charge >= 0.3 is 0 Å². The fourth-order valence-corrected chi connectivity index (χ4v) is 4.25. The summed E-state index contributed by atoms with van der Waals surface area (Å²) in [6.07, 6.45) is 2.14. The molecule has 2 aromatic heterocycles. The third-order valence-corrected chi connectivity index (χ3v) is 5.82. The van der Waals surface area contributed by atoms with E-state index in [1.807, 2.05) is 4.72 Å². The van der Waals surface area contributed by atoms with E-state index in [1.54, 1.807) is 0 Å². The summed E-state index contributed by atoms with van der Waals surface area (Å²) >= 11 is 0. The molecule has 0 aliphatic heterocycles. The Bertz CT molecular complexity index is 1620. The van der Waals surface area contributed by atoms with E-state index in [0.29, 0.717) is 0 Å². The molecule has 2 aromatic carbocycles. The highest BCUT2D eigenvalue weighted by Gasteiger charge is 2.28. The van der Waals surface area contributed by atoms with Gasteiger partial charge in [-0.1, -0.05) is 0 Å². The number of aromatic amines is 1. The molecule has 11 heteroatoms. The van der Waals surface area contributed by atoms with Gasteiger partial charge < -0.3 is 9.55 Å². The van der Waals surface area contributed by atoms with Crippen molar-refractivity contribution in [1.82, 2.24) is 14.3 Å². The Morgan fingerprint density at radius 1 is 1.09 bits per heavy atom. The molecule has 0 radical (unpaired) electrons. The summed E-state index contributed by atoms with van der Waals surface area (Å²) in [7, 11) is -4.05. The Balaban J connectivity index is 2.14. The summed E-state index contributed by atoms with van der Waals surface area (Å²) < 4.78 is 69.6. The van der Waals surface area contributed by atoms with Gasteiger partial charge in [0.2, 0.25) is 10.0 Å². The molecule has 4 aromatic rings. The zero-order chi connectivity index (χ0) is 24.8. The summed E-state index contributed by atoms with van der Waals surface area (Å²) in [5.74, 6) is -3.29. The number of benzene rings is 2. The first-order valence-corrected chi connectivity index (χ1v) is 11.8. The average molecular weight is 489 g/mol. The third-order valence-electron chi connectivity index (χ3n) is 5.26. The monoisotopic (exact) mass is 489 g/mol. The number of hydrogen-bond donors (Lipinski definition) is 2. The molecule has 34 heavy (non-hydrogen) atoms.